The van der Waals surface area contributed by atoms with Crippen LogP contribution in [0.1, 0.15) is 15.3 Å². The maximum Gasteiger partial charge on any atom is 0.101 e. The minimum absolute atomic E-state index is 0.460. The number of thiophene rings is 1. The highest BCUT2D eigenvalue weighted by molar-refractivity contribution is 7.14. The molecule has 84 valence electrons. The fourth-order valence-corrected chi connectivity index (χ4v) is 2.57. The minimum atomic E-state index is 0.460. The Morgan fingerprint density at radius 2 is 2.24 bits per heavy atom. The van der Waals surface area contributed by atoms with E-state index >= 15 is 0 Å². The van der Waals surface area contributed by atoms with Crippen LogP contribution in [-0.4, -0.2) is 4.98 Å². The number of aromatic nitrogens is 1. The summed E-state index contributed by atoms with van der Waals surface area (Å²) in [7, 11) is 0. The van der Waals surface area contributed by atoms with Gasteiger partial charge in [-0.2, -0.15) is 5.26 Å². The van der Waals surface area contributed by atoms with Crippen molar-refractivity contribution >= 4 is 33.5 Å². The third-order valence-electron chi connectivity index (χ3n) is 2.24. The first-order valence-corrected chi connectivity index (χ1v) is 6.19. The molecular formula is C13H9ClN2S. The van der Waals surface area contributed by atoms with Gasteiger partial charge < -0.3 is 0 Å². The van der Waals surface area contributed by atoms with Crippen LogP contribution in [0.15, 0.2) is 36.7 Å². The summed E-state index contributed by atoms with van der Waals surface area (Å²) >= 11 is 7.83. The lowest BCUT2D eigenvalue weighted by atomic mass is 10.1. The summed E-state index contributed by atoms with van der Waals surface area (Å²) in [4.78, 5) is 6.07. The smallest absolute Gasteiger partial charge is 0.101 e. The standard InChI is InChI=1S/C13H9ClN2S/c1-9-4-5-12(17-9)13(14)11(7-15)10-3-2-6-16-8-10/h2-6,8H,1H3/b13-11+. The van der Waals surface area contributed by atoms with Crippen LogP contribution < -0.4 is 0 Å². The second kappa shape index (κ2) is 5.13. The molecule has 0 fully saturated rings. The molecule has 2 heterocycles. The van der Waals surface area contributed by atoms with Crippen LogP contribution in [0.5, 0.6) is 0 Å². The molecule has 4 heteroatoms. The maximum absolute atomic E-state index is 9.20. The Hall–Kier alpha value is -1.63. The van der Waals surface area contributed by atoms with Gasteiger partial charge in [0.05, 0.1) is 10.6 Å². The van der Waals surface area contributed by atoms with E-state index in [1.807, 2.05) is 25.1 Å². The second-order valence-corrected chi connectivity index (χ2v) is 5.12. The molecule has 0 aliphatic rings. The Kier molecular flexibility index (Phi) is 3.58. The Balaban J connectivity index is 2.52. The zero-order valence-electron chi connectivity index (χ0n) is 9.14. The van der Waals surface area contributed by atoms with E-state index in [0.29, 0.717) is 10.6 Å². The molecule has 0 aliphatic heterocycles. The summed E-state index contributed by atoms with van der Waals surface area (Å²) < 4.78 is 0. The van der Waals surface area contributed by atoms with Gasteiger partial charge in [0.25, 0.3) is 0 Å². The van der Waals surface area contributed by atoms with Gasteiger partial charge in [0.1, 0.15) is 6.07 Å². The quantitative estimate of drug-likeness (QED) is 0.763. The number of hydrogen-bond donors (Lipinski definition) is 0. The van der Waals surface area contributed by atoms with Crippen molar-refractivity contribution in [1.82, 2.24) is 4.98 Å². The van der Waals surface area contributed by atoms with Crippen molar-refractivity contribution in [3.05, 3.63) is 52.0 Å². The van der Waals surface area contributed by atoms with E-state index in [-0.39, 0.29) is 0 Å². The van der Waals surface area contributed by atoms with Gasteiger partial charge in [-0.25, -0.2) is 0 Å². The maximum atomic E-state index is 9.20. The minimum Gasteiger partial charge on any atom is -0.264 e. The predicted octanol–water partition coefficient (Wildman–Crippen LogP) is 4.08. The fraction of sp³-hybridized carbons (Fsp3) is 0.0769. The first kappa shape index (κ1) is 11.8. The molecule has 0 bridgehead atoms. The number of hydrogen-bond acceptors (Lipinski definition) is 3. The van der Waals surface area contributed by atoms with Crippen LogP contribution in [-0.2, 0) is 0 Å². The van der Waals surface area contributed by atoms with Gasteiger partial charge in [-0.1, -0.05) is 17.7 Å². The Labute approximate surface area is 109 Å². The summed E-state index contributed by atoms with van der Waals surface area (Å²) in [6.45, 7) is 2.01. The number of allylic oxidation sites excluding steroid dienone is 1. The molecule has 0 radical (unpaired) electrons. The fourth-order valence-electron chi connectivity index (χ4n) is 1.43. The average Bonchev–Trinajstić information content (AvgIpc) is 2.78. The highest BCUT2D eigenvalue weighted by Crippen LogP contribution is 2.33. The highest BCUT2D eigenvalue weighted by atomic mass is 35.5. The van der Waals surface area contributed by atoms with E-state index < -0.39 is 0 Å². The Morgan fingerprint density at radius 3 is 2.76 bits per heavy atom. The first-order valence-electron chi connectivity index (χ1n) is 4.99. The average molecular weight is 261 g/mol. The third kappa shape index (κ3) is 2.55. The molecule has 2 nitrogen and oxygen atoms in total. The van der Waals surface area contributed by atoms with Gasteiger partial charge >= 0.3 is 0 Å². The zero-order chi connectivity index (χ0) is 12.3. The molecule has 0 aromatic carbocycles. The first-order chi connectivity index (χ1) is 8.22. The SMILES string of the molecule is Cc1ccc(/C(Cl)=C(/C#N)c2cccnc2)s1. The monoisotopic (exact) mass is 260 g/mol. The molecule has 0 saturated carbocycles. The molecule has 0 spiro atoms. The number of aryl methyl sites for hydroxylation is 1. The second-order valence-electron chi connectivity index (χ2n) is 3.45. The molecule has 0 N–H and O–H groups in total. The third-order valence-corrected chi connectivity index (χ3v) is 3.76. The number of nitrogens with zero attached hydrogens (tertiary/aromatic N) is 2. The lowest BCUT2D eigenvalue weighted by molar-refractivity contribution is 1.31. The summed E-state index contributed by atoms with van der Waals surface area (Å²) in [5.41, 5.74) is 1.20. The van der Waals surface area contributed by atoms with Crippen LogP contribution >= 0.6 is 22.9 Å². The highest BCUT2D eigenvalue weighted by Gasteiger charge is 2.10. The Morgan fingerprint density at radius 1 is 1.41 bits per heavy atom. The largest absolute Gasteiger partial charge is 0.264 e. The van der Waals surface area contributed by atoms with E-state index in [2.05, 4.69) is 11.1 Å². The lowest BCUT2D eigenvalue weighted by Crippen LogP contribution is -1.85. The van der Waals surface area contributed by atoms with E-state index in [9.17, 15) is 5.26 Å². The van der Waals surface area contributed by atoms with E-state index in [1.165, 1.54) is 4.88 Å². The van der Waals surface area contributed by atoms with Crippen LogP contribution in [0.2, 0.25) is 0 Å². The van der Waals surface area contributed by atoms with Crippen LogP contribution in [0.25, 0.3) is 10.6 Å². The van der Waals surface area contributed by atoms with Crippen molar-refractivity contribution in [2.24, 2.45) is 0 Å². The summed E-state index contributed by atoms with van der Waals surface area (Å²) in [6.07, 6.45) is 3.31. The van der Waals surface area contributed by atoms with Crippen molar-refractivity contribution in [3.63, 3.8) is 0 Å². The normalized spacial score (nSPS) is 11.8. The number of halogens is 1. The molecule has 0 atom stereocenters. The molecule has 0 amide bonds. The van der Waals surface area contributed by atoms with E-state index in [0.717, 1.165) is 10.4 Å². The molecule has 2 aromatic heterocycles. The summed E-state index contributed by atoms with van der Waals surface area (Å²) in [6, 6.07) is 9.67. The molecule has 2 rings (SSSR count). The lowest BCUT2D eigenvalue weighted by Gasteiger charge is -2.01. The molecular weight excluding hydrogens is 252 g/mol. The number of nitriles is 1. The number of rotatable bonds is 2. The summed E-state index contributed by atoms with van der Waals surface area (Å²) in [5, 5.41) is 9.69. The molecule has 0 unspecified atom stereocenters. The molecule has 0 saturated heterocycles. The van der Waals surface area contributed by atoms with Gasteiger partial charge in [0, 0.05) is 27.7 Å². The van der Waals surface area contributed by atoms with Crippen molar-refractivity contribution in [3.8, 4) is 6.07 Å². The zero-order valence-corrected chi connectivity index (χ0v) is 10.7. The Bertz CT molecular complexity index is 593. The van der Waals surface area contributed by atoms with Crippen LogP contribution in [0, 0.1) is 18.3 Å². The molecule has 17 heavy (non-hydrogen) atoms. The molecule has 0 aliphatic carbocycles. The van der Waals surface area contributed by atoms with Gasteiger partial charge in [0.15, 0.2) is 0 Å². The van der Waals surface area contributed by atoms with Crippen molar-refractivity contribution in [2.75, 3.05) is 0 Å². The van der Waals surface area contributed by atoms with Gasteiger partial charge in [-0.05, 0) is 25.1 Å². The van der Waals surface area contributed by atoms with E-state index in [4.69, 9.17) is 11.6 Å². The van der Waals surface area contributed by atoms with Gasteiger partial charge in [0.2, 0.25) is 0 Å². The molecule has 2 aromatic rings. The van der Waals surface area contributed by atoms with Crippen LogP contribution in [0.4, 0.5) is 0 Å². The topological polar surface area (TPSA) is 36.7 Å². The van der Waals surface area contributed by atoms with Crippen LogP contribution in [0.3, 0.4) is 0 Å². The van der Waals surface area contributed by atoms with E-state index in [1.54, 1.807) is 29.8 Å². The van der Waals surface area contributed by atoms with Gasteiger partial charge in [-0.15, -0.1) is 11.3 Å². The van der Waals surface area contributed by atoms with Crippen molar-refractivity contribution < 1.29 is 0 Å². The van der Waals surface area contributed by atoms with Crippen molar-refractivity contribution in [2.45, 2.75) is 6.92 Å². The number of pyridine rings is 1. The summed E-state index contributed by atoms with van der Waals surface area (Å²) in [5.74, 6) is 0. The predicted molar refractivity (Wildman–Crippen MR) is 71.6 cm³/mol. The van der Waals surface area contributed by atoms with Crippen molar-refractivity contribution in [1.29, 1.82) is 5.26 Å². The van der Waals surface area contributed by atoms with Gasteiger partial charge in [-0.3, -0.25) is 4.98 Å².